The average Bonchev–Trinajstić information content (AvgIpc) is 2.13. The van der Waals surface area contributed by atoms with E-state index < -0.39 is 5.60 Å². The van der Waals surface area contributed by atoms with Crippen LogP contribution in [0, 0.1) is 0 Å². The van der Waals surface area contributed by atoms with Crippen LogP contribution in [-0.2, 0) is 0 Å². The lowest BCUT2D eigenvalue weighted by atomic mass is 10.1. The molecule has 15 heavy (non-hydrogen) atoms. The molecule has 0 bridgehead atoms. The normalized spacial score (nSPS) is 14.2. The molecule has 0 aliphatic heterocycles. The van der Waals surface area contributed by atoms with Crippen molar-refractivity contribution in [1.82, 2.24) is 5.32 Å². The molecule has 0 aromatic heterocycles. The number of hydrogen-bond acceptors (Lipinski definition) is 2. The third-order valence-electron chi connectivity index (χ3n) is 2.62. The highest BCUT2D eigenvalue weighted by Gasteiger charge is 2.13. The fourth-order valence-electron chi connectivity index (χ4n) is 1.58. The minimum absolute atomic E-state index is 0.526. The second kappa shape index (κ2) is 8.12. The Kier molecular flexibility index (Phi) is 8.07. The maximum absolute atomic E-state index is 9.55. The molecule has 2 N–H and O–H groups in total. The smallest absolute Gasteiger partial charge is 0.0715 e. The second-order valence-corrected chi connectivity index (χ2v) is 5.30. The molecule has 0 aromatic carbocycles. The van der Waals surface area contributed by atoms with E-state index in [2.05, 4.69) is 19.2 Å². The first-order chi connectivity index (χ1) is 6.95. The molecule has 0 fully saturated rings. The van der Waals surface area contributed by atoms with Crippen molar-refractivity contribution >= 4 is 0 Å². The van der Waals surface area contributed by atoms with Crippen molar-refractivity contribution in [2.24, 2.45) is 0 Å². The second-order valence-electron chi connectivity index (χ2n) is 5.30. The highest BCUT2D eigenvalue weighted by molar-refractivity contribution is 4.71. The van der Waals surface area contributed by atoms with Crippen LogP contribution in [-0.4, -0.2) is 23.3 Å². The molecule has 0 unspecified atom stereocenters. The van der Waals surface area contributed by atoms with E-state index in [1.807, 2.05) is 13.8 Å². The summed E-state index contributed by atoms with van der Waals surface area (Å²) in [6.07, 6.45) is 7.93. The molecule has 2 nitrogen and oxygen atoms in total. The lowest BCUT2D eigenvalue weighted by Gasteiger charge is -2.21. The molecule has 0 rings (SSSR count). The summed E-state index contributed by atoms with van der Waals surface area (Å²) in [5.41, 5.74) is -0.587. The van der Waals surface area contributed by atoms with Crippen molar-refractivity contribution in [2.45, 2.75) is 77.9 Å². The molecule has 1 atom stereocenters. The van der Waals surface area contributed by atoms with Gasteiger partial charge in [0.15, 0.2) is 0 Å². The zero-order chi connectivity index (χ0) is 11.7. The van der Waals surface area contributed by atoms with Gasteiger partial charge in [-0.05, 0) is 27.2 Å². The molecule has 0 saturated heterocycles. The van der Waals surface area contributed by atoms with Crippen molar-refractivity contribution in [1.29, 1.82) is 0 Å². The summed E-state index contributed by atoms with van der Waals surface area (Å²) >= 11 is 0. The van der Waals surface area contributed by atoms with Gasteiger partial charge in [0.1, 0.15) is 0 Å². The van der Waals surface area contributed by atoms with Crippen LogP contribution in [0.3, 0.4) is 0 Å². The summed E-state index contributed by atoms with van der Waals surface area (Å²) in [4.78, 5) is 0. The first kappa shape index (κ1) is 14.9. The number of unbranched alkanes of at least 4 members (excludes halogenated alkanes) is 4. The van der Waals surface area contributed by atoms with Crippen molar-refractivity contribution < 1.29 is 5.11 Å². The SMILES string of the molecule is CCCCCCC[C@@H](C)NCC(C)(C)O. The molecule has 0 spiro atoms. The van der Waals surface area contributed by atoms with E-state index in [0.717, 1.165) is 0 Å². The monoisotopic (exact) mass is 215 g/mol. The van der Waals surface area contributed by atoms with Gasteiger partial charge < -0.3 is 10.4 Å². The Hall–Kier alpha value is -0.0800. The van der Waals surface area contributed by atoms with Crippen LogP contribution in [0.25, 0.3) is 0 Å². The third-order valence-corrected chi connectivity index (χ3v) is 2.62. The highest BCUT2D eigenvalue weighted by Crippen LogP contribution is 2.07. The summed E-state index contributed by atoms with van der Waals surface area (Å²) in [6.45, 7) is 8.81. The molecule has 0 aliphatic rings. The molecule has 2 heteroatoms. The van der Waals surface area contributed by atoms with Crippen molar-refractivity contribution in [3.05, 3.63) is 0 Å². The van der Waals surface area contributed by atoms with Gasteiger partial charge in [0, 0.05) is 12.6 Å². The minimum Gasteiger partial charge on any atom is -0.389 e. The van der Waals surface area contributed by atoms with Gasteiger partial charge in [-0.15, -0.1) is 0 Å². The van der Waals surface area contributed by atoms with Gasteiger partial charge in [-0.25, -0.2) is 0 Å². The lowest BCUT2D eigenvalue weighted by molar-refractivity contribution is 0.0766. The van der Waals surface area contributed by atoms with E-state index in [1.165, 1.54) is 38.5 Å². The number of nitrogens with one attached hydrogen (secondary N) is 1. The first-order valence-electron chi connectivity index (χ1n) is 6.41. The summed E-state index contributed by atoms with van der Waals surface area (Å²) in [7, 11) is 0. The Balaban J connectivity index is 3.30. The Labute approximate surface area is 95.5 Å². The van der Waals surface area contributed by atoms with Crippen LogP contribution in [0.1, 0.15) is 66.2 Å². The van der Waals surface area contributed by atoms with Gasteiger partial charge in [0.05, 0.1) is 5.60 Å². The largest absolute Gasteiger partial charge is 0.389 e. The molecular weight excluding hydrogens is 186 g/mol. The number of aliphatic hydroxyl groups is 1. The van der Waals surface area contributed by atoms with E-state index in [-0.39, 0.29) is 0 Å². The predicted molar refractivity (Wildman–Crippen MR) is 67.1 cm³/mol. The van der Waals surface area contributed by atoms with Gasteiger partial charge in [-0.1, -0.05) is 39.0 Å². The Morgan fingerprint density at radius 3 is 2.27 bits per heavy atom. The standard InChI is InChI=1S/C13H29NO/c1-5-6-7-8-9-10-12(2)14-11-13(3,4)15/h12,14-15H,5-11H2,1-4H3/t12-/m1/s1. The van der Waals surface area contributed by atoms with Crippen molar-refractivity contribution in [2.75, 3.05) is 6.54 Å². The van der Waals surface area contributed by atoms with Crippen LogP contribution < -0.4 is 5.32 Å². The summed E-state index contributed by atoms with van der Waals surface area (Å²) in [6, 6.07) is 0.526. The topological polar surface area (TPSA) is 32.3 Å². The summed E-state index contributed by atoms with van der Waals surface area (Å²) in [5, 5.41) is 12.9. The Bertz CT molecular complexity index is 140. The van der Waals surface area contributed by atoms with Crippen LogP contribution in [0.5, 0.6) is 0 Å². The van der Waals surface area contributed by atoms with Gasteiger partial charge >= 0.3 is 0 Å². The predicted octanol–water partition coefficient (Wildman–Crippen LogP) is 3.10. The highest BCUT2D eigenvalue weighted by atomic mass is 16.3. The molecule has 0 radical (unpaired) electrons. The van der Waals surface area contributed by atoms with E-state index in [0.29, 0.717) is 12.6 Å². The van der Waals surface area contributed by atoms with Gasteiger partial charge in [0.2, 0.25) is 0 Å². The fraction of sp³-hybridized carbons (Fsp3) is 1.00. The molecular formula is C13H29NO. The van der Waals surface area contributed by atoms with Gasteiger partial charge in [-0.2, -0.15) is 0 Å². The van der Waals surface area contributed by atoms with E-state index in [9.17, 15) is 5.11 Å². The van der Waals surface area contributed by atoms with Crippen LogP contribution in [0.15, 0.2) is 0 Å². The van der Waals surface area contributed by atoms with Crippen molar-refractivity contribution in [3.63, 3.8) is 0 Å². The molecule has 0 aliphatic carbocycles. The van der Waals surface area contributed by atoms with Gasteiger partial charge in [-0.3, -0.25) is 0 Å². The van der Waals surface area contributed by atoms with Crippen LogP contribution in [0.4, 0.5) is 0 Å². The average molecular weight is 215 g/mol. The maximum atomic E-state index is 9.55. The number of hydrogen-bond donors (Lipinski definition) is 2. The molecule has 0 amide bonds. The lowest BCUT2D eigenvalue weighted by Crippen LogP contribution is -2.39. The van der Waals surface area contributed by atoms with Gasteiger partial charge in [0.25, 0.3) is 0 Å². The molecule has 0 aromatic rings. The van der Waals surface area contributed by atoms with Crippen LogP contribution >= 0.6 is 0 Å². The molecule has 0 saturated carbocycles. The first-order valence-corrected chi connectivity index (χ1v) is 6.41. The molecule has 92 valence electrons. The Morgan fingerprint density at radius 2 is 1.73 bits per heavy atom. The fourth-order valence-corrected chi connectivity index (χ4v) is 1.58. The summed E-state index contributed by atoms with van der Waals surface area (Å²) in [5.74, 6) is 0. The zero-order valence-corrected chi connectivity index (χ0v) is 11.0. The number of rotatable bonds is 9. The maximum Gasteiger partial charge on any atom is 0.0715 e. The van der Waals surface area contributed by atoms with Crippen LogP contribution in [0.2, 0.25) is 0 Å². The summed E-state index contributed by atoms with van der Waals surface area (Å²) < 4.78 is 0. The van der Waals surface area contributed by atoms with E-state index >= 15 is 0 Å². The van der Waals surface area contributed by atoms with E-state index in [1.54, 1.807) is 0 Å². The molecule has 0 heterocycles. The van der Waals surface area contributed by atoms with E-state index in [4.69, 9.17) is 0 Å². The van der Waals surface area contributed by atoms with Crippen molar-refractivity contribution in [3.8, 4) is 0 Å². The minimum atomic E-state index is -0.587. The third kappa shape index (κ3) is 11.8. The quantitative estimate of drug-likeness (QED) is 0.579. The zero-order valence-electron chi connectivity index (χ0n) is 11.0. The Morgan fingerprint density at radius 1 is 1.13 bits per heavy atom.